The monoisotopic (exact) mass is 224 g/mol. The maximum absolute atomic E-state index is 9.18. The van der Waals surface area contributed by atoms with Crippen molar-refractivity contribution in [1.82, 2.24) is 0 Å². The molecule has 0 unspecified atom stereocenters. The molecule has 0 aliphatic heterocycles. The van der Waals surface area contributed by atoms with Gasteiger partial charge in [-0.3, -0.25) is 0 Å². The van der Waals surface area contributed by atoms with E-state index in [-0.39, 0.29) is 0 Å². The molecule has 2 aromatic carbocycles. The predicted molar refractivity (Wildman–Crippen MR) is 73.0 cm³/mol. The fourth-order valence-electron chi connectivity index (χ4n) is 1.65. The molecule has 0 aromatic heterocycles. The largest absolute Gasteiger partial charge is 0.508 e. The van der Waals surface area contributed by atoms with Crippen LogP contribution in [0.5, 0.6) is 5.75 Å². The van der Waals surface area contributed by atoms with Crippen molar-refractivity contribution in [3.8, 4) is 5.75 Å². The second kappa shape index (κ2) is 4.88. The number of phenols is 1. The van der Waals surface area contributed by atoms with Gasteiger partial charge in [0.15, 0.2) is 0 Å². The van der Waals surface area contributed by atoms with E-state index in [2.05, 4.69) is 38.1 Å². The number of hydrogen-bond donors (Lipinski definition) is 1. The fourth-order valence-corrected chi connectivity index (χ4v) is 1.65. The van der Waals surface area contributed by atoms with Crippen molar-refractivity contribution in [3.63, 3.8) is 0 Å². The van der Waals surface area contributed by atoms with E-state index in [1.54, 1.807) is 12.1 Å². The number of aromatic hydroxyl groups is 1. The molecule has 0 bridgehead atoms. The van der Waals surface area contributed by atoms with Crippen LogP contribution in [0, 0.1) is 13.8 Å². The third kappa shape index (κ3) is 2.97. The maximum atomic E-state index is 9.18. The number of benzene rings is 2. The van der Waals surface area contributed by atoms with Crippen LogP contribution in [-0.2, 0) is 0 Å². The lowest BCUT2D eigenvalue weighted by Crippen LogP contribution is -1.81. The minimum Gasteiger partial charge on any atom is -0.508 e. The topological polar surface area (TPSA) is 20.2 Å². The summed E-state index contributed by atoms with van der Waals surface area (Å²) < 4.78 is 0. The van der Waals surface area contributed by atoms with E-state index < -0.39 is 0 Å². The van der Waals surface area contributed by atoms with Crippen molar-refractivity contribution in [2.75, 3.05) is 0 Å². The molecule has 0 amide bonds. The number of phenolic OH excluding ortho intramolecular Hbond substituents is 1. The van der Waals surface area contributed by atoms with Crippen LogP contribution in [-0.4, -0.2) is 5.11 Å². The second-order valence-electron chi connectivity index (χ2n) is 4.27. The lowest BCUT2D eigenvalue weighted by molar-refractivity contribution is 0.475. The Morgan fingerprint density at radius 3 is 2.00 bits per heavy atom. The molecular formula is C16H16O. The van der Waals surface area contributed by atoms with Crippen LogP contribution >= 0.6 is 0 Å². The average Bonchev–Trinajstić information content (AvgIpc) is 2.33. The van der Waals surface area contributed by atoms with Gasteiger partial charge in [0.1, 0.15) is 5.75 Å². The third-order valence-corrected chi connectivity index (χ3v) is 2.89. The Kier molecular flexibility index (Phi) is 3.29. The normalized spacial score (nSPS) is 10.9. The maximum Gasteiger partial charge on any atom is 0.115 e. The Hall–Kier alpha value is -2.02. The van der Waals surface area contributed by atoms with Crippen LogP contribution in [0.4, 0.5) is 0 Å². The van der Waals surface area contributed by atoms with Gasteiger partial charge in [0.25, 0.3) is 0 Å². The van der Waals surface area contributed by atoms with Crippen molar-refractivity contribution in [3.05, 3.63) is 64.7 Å². The van der Waals surface area contributed by atoms with Crippen LogP contribution < -0.4 is 0 Å². The molecule has 1 N–H and O–H groups in total. The summed E-state index contributed by atoms with van der Waals surface area (Å²) in [4.78, 5) is 0. The van der Waals surface area contributed by atoms with Crippen LogP contribution in [0.2, 0.25) is 0 Å². The molecule has 0 aliphatic rings. The van der Waals surface area contributed by atoms with Gasteiger partial charge in [-0.15, -0.1) is 0 Å². The lowest BCUT2D eigenvalue weighted by Gasteiger charge is -2.01. The quantitative estimate of drug-likeness (QED) is 0.759. The number of rotatable bonds is 2. The summed E-state index contributed by atoms with van der Waals surface area (Å²) in [5.74, 6) is 0.299. The molecule has 0 spiro atoms. The molecule has 0 aliphatic carbocycles. The van der Waals surface area contributed by atoms with Gasteiger partial charge in [0, 0.05) is 0 Å². The minimum atomic E-state index is 0.299. The average molecular weight is 224 g/mol. The van der Waals surface area contributed by atoms with E-state index in [0.717, 1.165) is 5.56 Å². The van der Waals surface area contributed by atoms with Crippen molar-refractivity contribution >= 4 is 12.2 Å². The van der Waals surface area contributed by atoms with Crippen LogP contribution in [0.3, 0.4) is 0 Å². The van der Waals surface area contributed by atoms with Crippen molar-refractivity contribution in [2.24, 2.45) is 0 Å². The second-order valence-corrected chi connectivity index (χ2v) is 4.27. The minimum absolute atomic E-state index is 0.299. The first kappa shape index (κ1) is 11.5. The Morgan fingerprint density at radius 1 is 0.765 bits per heavy atom. The Morgan fingerprint density at radius 2 is 1.35 bits per heavy atom. The van der Waals surface area contributed by atoms with Crippen molar-refractivity contribution < 1.29 is 5.11 Å². The molecule has 1 heteroatoms. The number of hydrogen-bond acceptors (Lipinski definition) is 1. The van der Waals surface area contributed by atoms with Crippen molar-refractivity contribution in [1.29, 1.82) is 0 Å². The molecule has 1 nitrogen and oxygen atoms in total. The van der Waals surface area contributed by atoms with Crippen LogP contribution in [0.25, 0.3) is 12.2 Å². The zero-order valence-corrected chi connectivity index (χ0v) is 10.1. The summed E-state index contributed by atoms with van der Waals surface area (Å²) in [6, 6.07) is 13.6. The van der Waals surface area contributed by atoms with Gasteiger partial charge in [-0.1, -0.05) is 42.5 Å². The van der Waals surface area contributed by atoms with Gasteiger partial charge in [-0.25, -0.2) is 0 Å². The molecule has 2 rings (SSSR count). The first-order valence-electron chi connectivity index (χ1n) is 5.69. The molecule has 0 radical (unpaired) electrons. The summed E-state index contributed by atoms with van der Waals surface area (Å²) in [6.45, 7) is 4.23. The SMILES string of the molecule is Cc1ccc(C=Cc2ccc(O)cc2)cc1C. The number of aryl methyl sites for hydroxylation is 2. The van der Waals surface area contributed by atoms with E-state index in [1.165, 1.54) is 16.7 Å². The molecular weight excluding hydrogens is 208 g/mol. The Balaban J connectivity index is 2.20. The highest BCUT2D eigenvalue weighted by molar-refractivity contribution is 5.70. The standard InChI is InChI=1S/C16H16O/c1-12-3-4-15(11-13(12)2)6-5-14-7-9-16(17)10-8-14/h3-11,17H,1-2H3. The summed E-state index contributed by atoms with van der Waals surface area (Å²) in [7, 11) is 0. The lowest BCUT2D eigenvalue weighted by atomic mass is 10.1. The Bertz CT molecular complexity index is 536. The summed E-state index contributed by atoms with van der Waals surface area (Å²) in [5, 5.41) is 9.18. The molecule has 2 aromatic rings. The molecule has 0 saturated heterocycles. The first-order chi connectivity index (χ1) is 8.15. The smallest absolute Gasteiger partial charge is 0.115 e. The van der Waals surface area contributed by atoms with Crippen molar-refractivity contribution in [2.45, 2.75) is 13.8 Å². The van der Waals surface area contributed by atoms with Gasteiger partial charge in [0.2, 0.25) is 0 Å². The highest BCUT2D eigenvalue weighted by Gasteiger charge is 1.93. The fraction of sp³-hybridized carbons (Fsp3) is 0.125. The van der Waals surface area contributed by atoms with Gasteiger partial charge in [0.05, 0.1) is 0 Å². The van der Waals surface area contributed by atoms with Crippen LogP contribution in [0.1, 0.15) is 22.3 Å². The van der Waals surface area contributed by atoms with Gasteiger partial charge in [-0.05, 0) is 48.2 Å². The zero-order valence-electron chi connectivity index (χ0n) is 10.1. The van der Waals surface area contributed by atoms with Gasteiger partial charge >= 0.3 is 0 Å². The summed E-state index contributed by atoms with van der Waals surface area (Å²) in [5.41, 5.74) is 4.90. The first-order valence-corrected chi connectivity index (χ1v) is 5.69. The molecule has 17 heavy (non-hydrogen) atoms. The van der Waals surface area contributed by atoms with E-state index in [9.17, 15) is 5.11 Å². The summed E-state index contributed by atoms with van der Waals surface area (Å²) in [6.07, 6.45) is 4.13. The van der Waals surface area contributed by atoms with E-state index in [0.29, 0.717) is 5.75 Å². The highest BCUT2D eigenvalue weighted by Crippen LogP contribution is 2.15. The molecule has 0 fully saturated rings. The molecule has 86 valence electrons. The van der Waals surface area contributed by atoms with E-state index in [4.69, 9.17) is 0 Å². The van der Waals surface area contributed by atoms with E-state index in [1.807, 2.05) is 18.2 Å². The third-order valence-electron chi connectivity index (χ3n) is 2.89. The highest BCUT2D eigenvalue weighted by atomic mass is 16.3. The molecule has 0 heterocycles. The Labute approximate surface area is 102 Å². The van der Waals surface area contributed by atoms with Gasteiger partial charge in [-0.2, -0.15) is 0 Å². The molecule has 0 atom stereocenters. The predicted octanol–water partition coefficient (Wildman–Crippen LogP) is 4.18. The zero-order chi connectivity index (χ0) is 12.3. The van der Waals surface area contributed by atoms with Gasteiger partial charge < -0.3 is 5.11 Å². The van der Waals surface area contributed by atoms with Crippen LogP contribution in [0.15, 0.2) is 42.5 Å². The summed E-state index contributed by atoms with van der Waals surface area (Å²) >= 11 is 0. The van der Waals surface area contributed by atoms with E-state index >= 15 is 0 Å². The molecule has 0 saturated carbocycles.